The molecule has 2 heterocycles. The number of aromatic nitrogens is 4. The van der Waals surface area contributed by atoms with E-state index in [1.807, 2.05) is 18.2 Å². The molecular formula is C18H16IN5O2. The standard InChI is InChI=1S/C18H16IN5O2/c1-25-13-7-8-14(17(9-13)26-2)16-10-15(11-3-5-12(19)6-4-11)20-18-21-22-23-24(16)18/h3-10,16H,1-2H3,(H,20,21,23). The molecule has 4 rings (SSSR count). The maximum absolute atomic E-state index is 5.58. The molecule has 0 fully saturated rings. The summed E-state index contributed by atoms with van der Waals surface area (Å²) >= 11 is 2.29. The third-order valence-corrected chi connectivity index (χ3v) is 4.96. The van der Waals surface area contributed by atoms with E-state index in [4.69, 9.17) is 9.47 Å². The van der Waals surface area contributed by atoms with Gasteiger partial charge in [-0.1, -0.05) is 17.2 Å². The first-order valence-electron chi connectivity index (χ1n) is 7.94. The summed E-state index contributed by atoms with van der Waals surface area (Å²) in [6, 6.07) is 13.8. The fourth-order valence-corrected chi connectivity index (χ4v) is 3.30. The predicted molar refractivity (Wildman–Crippen MR) is 106 cm³/mol. The zero-order valence-electron chi connectivity index (χ0n) is 14.2. The Kier molecular flexibility index (Phi) is 4.49. The Bertz CT molecular complexity index is 968. The molecule has 8 heteroatoms. The van der Waals surface area contributed by atoms with Crippen LogP contribution in [-0.2, 0) is 0 Å². The van der Waals surface area contributed by atoms with E-state index in [1.165, 1.54) is 3.57 Å². The molecule has 1 atom stereocenters. The van der Waals surface area contributed by atoms with Crippen molar-refractivity contribution in [1.29, 1.82) is 0 Å². The predicted octanol–water partition coefficient (Wildman–Crippen LogP) is 3.35. The Morgan fingerprint density at radius 3 is 2.62 bits per heavy atom. The zero-order chi connectivity index (χ0) is 18.1. The molecule has 0 amide bonds. The lowest BCUT2D eigenvalue weighted by atomic mass is 10.0. The molecule has 132 valence electrons. The van der Waals surface area contributed by atoms with Gasteiger partial charge in [0.15, 0.2) is 0 Å². The maximum atomic E-state index is 5.58. The van der Waals surface area contributed by atoms with Crippen molar-refractivity contribution in [1.82, 2.24) is 20.2 Å². The van der Waals surface area contributed by atoms with Crippen LogP contribution in [0.4, 0.5) is 5.95 Å². The number of anilines is 1. The van der Waals surface area contributed by atoms with Gasteiger partial charge in [0.05, 0.1) is 14.2 Å². The minimum atomic E-state index is -0.198. The Hall–Kier alpha value is -2.62. The summed E-state index contributed by atoms with van der Waals surface area (Å²) in [6.45, 7) is 0. The van der Waals surface area contributed by atoms with Crippen molar-refractivity contribution in [3.8, 4) is 11.5 Å². The van der Waals surface area contributed by atoms with E-state index in [0.717, 1.165) is 28.3 Å². The van der Waals surface area contributed by atoms with E-state index in [2.05, 4.69) is 73.8 Å². The second-order valence-corrected chi connectivity index (χ2v) is 6.96. The summed E-state index contributed by atoms with van der Waals surface area (Å²) in [6.07, 6.45) is 2.09. The molecule has 26 heavy (non-hydrogen) atoms. The minimum Gasteiger partial charge on any atom is -0.497 e. The Balaban J connectivity index is 1.82. The molecule has 0 bridgehead atoms. The van der Waals surface area contributed by atoms with Gasteiger partial charge in [-0.05, 0) is 68.9 Å². The second kappa shape index (κ2) is 6.94. The molecule has 1 aliphatic heterocycles. The zero-order valence-corrected chi connectivity index (χ0v) is 16.3. The summed E-state index contributed by atoms with van der Waals surface area (Å²) in [4.78, 5) is 0. The third kappa shape index (κ3) is 3.00. The van der Waals surface area contributed by atoms with E-state index < -0.39 is 0 Å². The summed E-state index contributed by atoms with van der Waals surface area (Å²) in [5, 5.41) is 15.3. The van der Waals surface area contributed by atoms with Gasteiger partial charge >= 0.3 is 0 Å². The first-order valence-corrected chi connectivity index (χ1v) is 9.02. The van der Waals surface area contributed by atoms with Gasteiger partial charge in [0.1, 0.15) is 17.5 Å². The van der Waals surface area contributed by atoms with Crippen LogP contribution in [0.2, 0.25) is 0 Å². The lowest BCUT2D eigenvalue weighted by Crippen LogP contribution is -2.20. The number of nitrogens with one attached hydrogen (secondary N) is 1. The van der Waals surface area contributed by atoms with Crippen molar-refractivity contribution < 1.29 is 9.47 Å². The van der Waals surface area contributed by atoms with Gasteiger partial charge < -0.3 is 14.8 Å². The number of allylic oxidation sites excluding steroid dienone is 1. The molecule has 1 aromatic heterocycles. The number of fused-ring (bicyclic) bond motifs is 1. The van der Waals surface area contributed by atoms with Crippen molar-refractivity contribution in [3.63, 3.8) is 0 Å². The number of rotatable bonds is 4. The fourth-order valence-electron chi connectivity index (χ4n) is 2.94. The topological polar surface area (TPSA) is 74.1 Å². The summed E-state index contributed by atoms with van der Waals surface area (Å²) in [5.41, 5.74) is 2.97. The van der Waals surface area contributed by atoms with Gasteiger partial charge in [0.25, 0.3) is 0 Å². The monoisotopic (exact) mass is 461 g/mol. The number of hydrogen-bond donors (Lipinski definition) is 1. The molecule has 0 saturated carbocycles. The smallest absolute Gasteiger partial charge is 0.248 e. The van der Waals surface area contributed by atoms with Crippen LogP contribution in [0.15, 0.2) is 48.5 Å². The van der Waals surface area contributed by atoms with Crippen molar-refractivity contribution in [2.45, 2.75) is 6.04 Å². The molecule has 1 aliphatic rings. The lowest BCUT2D eigenvalue weighted by Gasteiger charge is -2.25. The number of benzene rings is 2. The summed E-state index contributed by atoms with van der Waals surface area (Å²) in [5.74, 6) is 2.04. The highest BCUT2D eigenvalue weighted by molar-refractivity contribution is 14.1. The van der Waals surface area contributed by atoms with Crippen molar-refractivity contribution in [2.24, 2.45) is 0 Å². The second-order valence-electron chi connectivity index (χ2n) is 5.71. The lowest BCUT2D eigenvalue weighted by molar-refractivity contribution is 0.387. The number of methoxy groups -OCH3 is 2. The molecule has 0 saturated heterocycles. The maximum Gasteiger partial charge on any atom is 0.248 e. The number of halogens is 1. The van der Waals surface area contributed by atoms with Crippen LogP contribution >= 0.6 is 22.6 Å². The molecule has 0 aliphatic carbocycles. The molecule has 2 aromatic carbocycles. The average Bonchev–Trinajstić information content (AvgIpc) is 3.16. The van der Waals surface area contributed by atoms with Crippen molar-refractivity contribution in [3.05, 3.63) is 63.2 Å². The first-order chi connectivity index (χ1) is 12.7. The number of nitrogens with zero attached hydrogens (tertiary/aromatic N) is 4. The third-order valence-electron chi connectivity index (χ3n) is 4.24. The van der Waals surface area contributed by atoms with Crippen LogP contribution in [0.3, 0.4) is 0 Å². The number of tetrazole rings is 1. The van der Waals surface area contributed by atoms with E-state index in [-0.39, 0.29) is 6.04 Å². The van der Waals surface area contributed by atoms with E-state index >= 15 is 0 Å². The van der Waals surface area contributed by atoms with E-state index in [1.54, 1.807) is 18.9 Å². The van der Waals surface area contributed by atoms with Crippen LogP contribution in [-0.4, -0.2) is 34.4 Å². The first kappa shape index (κ1) is 16.8. The SMILES string of the molecule is COc1ccc(C2C=C(c3ccc(I)cc3)Nc3nnnn32)c(OC)c1. The highest BCUT2D eigenvalue weighted by Gasteiger charge is 2.26. The average molecular weight is 461 g/mol. The van der Waals surface area contributed by atoms with Gasteiger partial charge in [-0.25, -0.2) is 0 Å². The fraction of sp³-hybridized carbons (Fsp3) is 0.167. The number of hydrogen-bond acceptors (Lipinski definition) is 6. The van der Waals surface area contributed by atoms with Gasteiger partial charge in [-0.2, -0.15) is 4.68 Å². The molecule has 3 aromatic rings. The van der Waals surface area contributed by atoms with E-state index in [9.17, 15) is 0 Å². The van der Waals surface area contributed by atoms with Crippen LogP contribution in [0, 0.1) is 3.57 Å². The van der Waals surface area contributed by atoms with E-state index in [0.29, 0.717) is 5.95 Å². The van der Waals surface area contributed by atoms with Gasteiger partial charge in [0.2, 0.25) is 5.95 Å². The largest absolute Gasteiger partial charge is 0.497 e. The Labute approximate surface area is 164 Å². The molecule has 0 radical (unpaired) electrons. The highest BCUT2D eigenvalue weighted by atomic mass is 127. The quantitative estimate of drug-likeness (QED) is 0.601. The minimum absolute atomic E-state index is 0.198. The molecule has 1 N–H and O–H groups in total. The van der Waals surface area contributed by atoms with Gasteiger partial charge in [-0.3, -0.25) is 0 Å². The molecule has 0 spiro atoms. The van der Waals surface area contributed by atoms with Crippen molar-refractivity contribution >= 4 is 34.2 Å². The molecular weight excluding hydrogens is 445 g/mol. The van der Waals surface area contributed by atoms with Crippen molar-refractivity contribution in [2.75, 3.05) is 19.5 Å². The van der Waals surface area contributed by atoms with Gasteiger partial charge in [-0.15, -0.1) is 0 Å². The molecule has 7 nitrogen and oxygen atoms in total. The van der Waals surface area contributed by atoms with Crippen LogP contribution in [0.5, 0.6) is 11.5 Å². The normalized spacial score (nSPS) is 15.7. The van der Waals surface area contributed by atoms with Crippen LogP contribution in [0.25, 0.3) is 5.70 Å². The summed E-state index contributed by atoms with van der Waals surface area (Å²) in [7, 11) is 3.27. The van der Waals surface area contributed by atoms with Gasteiger partial charge in [0, 0.05) is 20.9 Å². The Morgan fingerprint density at radius 1 is 1.08 bits per heavy atom. The Morgan fingerprint density at radius 2 is 1.88 bits per heavy atom. The molecule has 1 unspecified atom stereocenters. The summed E-state index contributed by atoms with van der Waals surface area (Å²) < 4.78 is 13.8. The van der Waals surface area contributed by atoms with Crippen LogP contribution in [0.1, 0.15) is 17.2 Å². The van der Waals surface area contributed by atoms with Crippen LogP contribution < -0.4 is 14.8 Å². The number of ether oxygens (including phenoxy) is 2. The highest BCUT2D eigenvalue weighted by Crippen LogP contribution is 2.37.